The molecule has 0 aliphatic heterocycles. The molecule has 0 aromatic heterocycles. The molecule has 8 nitrogen and oxygen atoms in total. The molecule has 208 valence electrons. The quantitative estimate of drug-likeness (QED) is 0.323. The van der Waals surface area contributed by atoms with Crippen molar-refractivity contribution in [3.63, 3.8) is 0 Å². The number of carbonyl (C=O) groups is 2. The molecule has 0 bridgehead atoms. The zero-order chi connectivity index (χ0) is 28.4. The van der Waals surface area contributed by atoms with Gasteiger partial charge in [-0.15, -0.1) is 0 Å². The van der Waals surface area contributed by atoms with Crippen LogP contribution in [0.5, 0.6) is 5.75 Å². The van der Waals surface area contributed by atoms with E-state index < -0.39 is 28.5 Å². The highest BCUT2D eigenvalue weighted by Gasteiger charge is 2.31. The zero-order valence-electron chi connectivity index (χ0n) is 22.3. The van der Waals surface area contributed by atoms with Crippen LogP contribution in [0.15, 0.2) is 78.9 Å². The summed E-state index contributed by atoms with van der Waals surface area (Å²) in [5, 5.41) is 3.22. The number of amides is 2. The van der Waals surface area contributed by atoms with Gasteiger partial charge in [-0.25, -0.2) is 8.42 Å². The monoisotopic (exact) mass is 571 g/mol. The molecule has 0 spiro atoms. The van der Waals surface area contributed by atoms with E-state index in [1.54, 1.807) is 62.4 Å². The Labute approximate surface area is 235 Å². The van der Waals surface area contributed by atoms with Gasteiger partial charge in [0.1, 0.15) is 24.9 Å². The summed E-state index contributed by atoms with van der Waals surface area (Å²) in [6.07, 6.45) is 1.38. The first-order valence-electron chi connectivity index (χ1n) is 12.7. The average molecular weight is 572 g/mol. The molecule has 0 aliphatic rings. The van der Waals surface area contributed by atoms with E-state index in [1.807, 2.05) is 30.3 Å². The normalized spacial score (nSPS) is 11.9. The second kappa shape index (κ2) is 14.0. The van der Waals surface area contributed by atoms with Gasteiger partial charge in [-0.1, -0.05) is 67.1 Å². The van der Waals surface area contributed by atoms with Crippen LogP contribution < -0.4 is 14.4 Å². The smallest absolute Gasteiger partial charge is 0.244 e. The van der Waals surface area contributed by atoms with E-state index in [9.17, 15) is 18.0 Å². The van der Waals surface area contributed by atoms with Gasteiger partial charge in [0.25, 0.3) is 0 Å². The van der Waals surface area contributed by atoms with Gasteiger partial charge in [0.15, 0.2) is 0 Å². The Balaban J connectivity index is 1.85. The summed E-state index contributed by atoms with van der Waals surface area (Å²) < 4.78 is 32.4. The fraction of sp³-hybridized carbons (Fsp3) is 0.310. The molecule has 2 amide bonds. The molecule has 1 N–H and O–H groups in total. The largest absolute Gasteiger partial charge is 0.489 e. The fourth-order valence-corrected chi connectivity index (χ4v) is 5.13. The number of hydrogen-bond donors (Lipinski definition) is 1. The molecule has 3 aromatic carbocycles. The van der Waals surface area contributed by atoms with Crippen molar-refractivity contribution in [3.8, 4) is 5.75 Å². The average Bonchev–Trinajstić information content (AvgIpc) is 2.92. The molecule has 1 atom stereocenters. The standard InChI is InChI=1S/C29H34ClN3O5S/c1-4-27(29(35)31-5-2)32(19-23-13-9-10-14-26(23)30)28(34)20-33(39(3,36)37)24-15-17-25(18-16-24)38-21-22-11-7-6-8-12-22/h6-18,27H,4-5,19-21H2,1-3H3,(H,31,35)/t27-/m0/s1. The van der Waals surface area contributed by atoms with Crippen molar-refractivity contribution in [1.82, 2.24) is 10.2 Å². The highest BCUT2D eigenvalue weighted by Crippen LogP contribution is 2.24. The van der Waals surface area contributed by atoms with Crippen LogP contribution in [0.25, 0.3) is 0 Å². The van der Waals surface area contributed by atoms with E-state index in [0.29, 0.717) is 41.6 Å². The number of rotatable bonds is 13. The zero-order valence-corrected chi connectivity index (χ0v) is 23.9. The van der Waals surface area contributed by atoms with E-state index in [0.717, 1.165) is 16.1 Å². The van der Waals surface area contributed by atoms with Gasteiger partial charge in [-0.3, -0.25) is 13.9 Å². The van der Waals surface area contributed by atoms with Crippen molar-refractivity contribution in [2.75, 3.05) is 23.7 Å². The number of carbonyl (C=O) groups excluding carboxylic acids is 2. The molecule has 0 aliphatic carbocycles. The Bertz CT molecular complexity index is 1350. The lowest BCUT2D eigenvalue weighted by Gasteiger charge is -2.33. The Kier molecular flexibility index (Phi) is 10.8. The van der Waals surface area contributed by atoms with Crippen LogP contribution in [-0.4, -0.2) is 50.5 Å². The van der Waals surface area contributed by atoms with Crippen molar-refractivity contribution in [2.45, 2.75) is 39.5 Å². The van der Waals surface area contributed by atoms with Crippen LogP contribution in [0.3, 0.4) is 0 Å². The molecule has 10 heteroatoms. The second-order valence-corrected chi connectivity index (χ2v) is 11.3. The summed E-state index contributed by atoms with van der Waals surface area (Å²) in [7, 11) is -3.84. The van der Waals surface area contributed by atoms with E-state index in [1.165, 1.54) is 4.90 Å². The lowest BCUT2D eigenvalue weighted by Crippen LogP contribution is -2.52. The lowest BCUT2D eigenvalue weighted by molar-refractivity contribution is -0.140. The van der Waals surface area contributed by atoms with Crippen molar-refractivity contribution in [3.05, 3.63) is 95.0 Å². The van der Waals surface area contributed by atoms with Crippen LogP contribution >= 0.6 is 11.6 Å². The maximum atomic E-state index is 13.7. The number of halogens is 1. The Morgan fingerprint density at radius 2 is 1.59 bits per heavy atom. The molecule has 0 radical (unpaired) electrons. The lowest BCUT2D eigenvalue weighted by atomic mass is 10.1. The number of hydrogen-bond acceptors (Lipinski definition) is 5. The fourth-order valence-electron chi connectivity index (χ4n) is 4.08. The highest BCUT2D eigenvalue weighted by molar-refractivity contribution is 7.92. The number of likely N-dealkylation sites (N-methyl/N-ethyl adjacent to an activating group) is 1. The molecule has 3 aromatic rings. The van der Waals surface area contributed by atoms with E-state index >= 15 is 0 Å². The first kappa shape index (κ1) is 30.0. The summed E-state index contributed by atoms with van der Waals surface area (Å²) >= 11 is 6.36. The van der Waals surface area contributed by atoms with Crippen LogP contribution in [-0.2, 0) is 32.8 Å². The van der Waals surface area contributed by atoms with Crippen molar-refractivity contribution in [2.24, 2.45) is 0 Å². The first-order chi connectivity index (χ1) is 18.6. The molecule has 0 saturated carbocycles. The maximum Gasteiger partial charge on any atom is 0.244 e. The van der Waals surface area contributed by atoms with Gasteiger partial charge in [0, 0.05) is 18.1 Å². The van der Waals surface area contributed by atoms with Gasteiger partial charge in [0.05, 0.1) is 11.9 Å². The third-order valence-electron chi connectivity index (χ3n) is 6.09. The Hall–Kier alpha value is -3.56. The predicted octanol–water partition coefficient (Wildman–Crippen LogP) is 4.63. The predicted molar refractivity (Wildman–Crippen MR) is 154 cm³/mol. The van der Waals surface area contributed by atoms with Gasteiger partial charge in [-0.2, -0.15) is 0 Å². The van der Waals surface area contributed by atoms with Crippen LogP contribution in [0.1, 0.15) is 31.4 Å². The number of anilines is 1. The Morgan fingerprint density at radius 1 is 0.949 bits per heavy atom. The number of ether oxygens (including phenoxy) is 1. The van der Waals surface area contributed by atoms with Gasteiger partial charge < -0.3 is 15.0 Å². The minimum absolute atomic E-state index is 0.0536. The second-order valence-electron chi connectivity index (χ2n) is 8.97. The summed E-state index contributed by atoms with van der Waals surface area (Å²) in [5.41, 5.74) is 1.96. The van der Waals surface area contributed by atoms with Crippen molar-refractivity contribution in [1.29, 1.82) is 0 Å². The Morgan fingerprint density at radius 3 is 2.18 bits per heavy atom. The summed E-state index contributed by atoms with van der Waals surface area (Å²) in [5.74, 6) is -0.279. The summed E-state index contributed by atoms with van der Waals surface area (Å²) in [4.78, 5) is 28.0. The highest BCUT2D eigenvalue weighted by atomic mass is 35.5. The molecule has 0 saturated heterocycles. The summed E-state index contributed by atoms with van der Waals surface area (Å²) in [6, 6.07) is 22.4. The third-order valence-corrected chi connectivity index (χ3v) is 7.60. The van der Waals surface area contributed by atoms with Gasteiger partial charge in [0.2, 0.25) is 21.8 Å². The van der Waals surface area contributed by atoms with E-state index in [4.69, 9.17) is 16.3 Å². The minimum atomic E-state index is -3.84. The van der Waals surface area contributed by atoms with Crippen molar-refractivity contribution >= 4 is 39.1 Å². The van der Waals surface area contributed by atoms with Gasteiger partial charge in [-0.05, 0) is 54.8 Å². The molecule has 0 heterocycles. The topological polar surface area (TPSA) is 96.0 Å². The molecule has 0 fully saturated rings. The van der Waals surface area contributed by atoms with Gasteiger partial charge >= 0.3 is 0 Å². The molecular formula is C29H34ClN3O5S. The van der Waals surface area contributed by atoms with E-state index in [2.05, 4.69) is 5.32 Å². The molecule has 39 heavy (non-hydrogen) atoms. The van der Waals surface area contributed by atoms with Crippen LogP contribution in [0.4, 0.5) is 5.69 Å². The molecular weight excluding hydrogens is 538 g/mol. The number of nitrogens with zero attached hydrogens (tertiary/aromatic N) is 2. The van der Waals surface area contributed by atoms with Crippen molar-refractivity contribution < 1.29 is 22.7 Å². The SMILES string of the molecule is CCNC(=O)[C@H](CC)N(Cc1ccccc1Cl)C(=O)CN(c1ccc(OCc2ccccc2)cc1)S(C)(=O)=O. The number of sulfonamides is 1. The third kappa shape index (κ3) is 8.46. The minimum Gasteiger partial charge on any atom is -0.489 e. The van der Waals surface area contributed by atoms with Crippen LogP contribution in [0.2, 0.25) is 5.02 Å². The number of nitrogens with one attached hydrogen (secondary N) is 1. The summed E-state index contributed by atoms with van der Waals surface area (Å²) in [6.45, 7) is 3.93. The molecule has 3 rings (SSSR count). The molecule has 0 unspecified atom stereocenters. The first-order valence-corrected chi connectivity index (χ1v) is 14.9. The maximum absolute atomic E-state index is 13.7. The number of benzene rings is 3. The van der Waals surface area contributed by atoms with E-state index in [-0.39, 0.29) is 12.5 Å². The van der Waals surface area contributed by atoms with Crippen LogP contribution in [0, 0.1) is 0 Å².